The highest BCUT2D eigenvalue weighted by Gasteiger charge is 2.31. The molecule has 3 nitrogen and oxygen atoms in total. The Labute approximate surface area is 136 Å². The van der Waals surface area contributed by atoms with E-state index in [1.54, 1.807) is 12.1 Å². The molecule has 0 radical (unpaired) electrons. The van der Waals surface area contributed by atoms with Crippen LogP contribution < -0.4 is 10.1 Å². The molecule has 0 heterocycles. The van der Waals surface area contributed by atoms with Gasteiger partial charge in [-0.2, -0.15) is 13.2 Å². The lowest BCUT2D eigenvalue weighted by Gasteiger charge is -2.12. The van der Waals surface area contributed by atoms with E-state index in [1.165, 1.54) is 0 Å². The summed E-state index contributed by atoms with van der Waals surface area (Å²) in [5.74, 6) is -0.0766. The Morgan fingerprint density at radius 3 is 2.57 bits per heavy atom. The van der Waals surface area contributed by atoms with Crippen molar-refractivity contribution in [1.82, 2.24) is 0 Å². The molecule has 2 rings (SSSR count). The lowest BCUT2D eigenvalue weighted by molar-refractivity contribution is -0.137. The van der Waals surface area contributed by atoms with Crippen LogP contribution in [0.15, 0.2) is 42.5 Å². The van der Waals surface area contributed by atoms with Crippen molar-refractivity contribution in [1.29, 1.82) is 0 Å². The molecule has 0 saturated carbocycles. The Morgan fingerprint density at radius 1 is 1.22 bits per heavy atom. The molecule has 23 heavy (non-hydrogen) atoms. The van der Waals surface area contributed by atoms with Gasteiger partial charge < -0.3 is 10.1 Å². The fraction of sp³-hybridized carbons (Fsp3) is 0.188. The average molecular weight is 344 g/mol. The van der Waals surface area contributed by atoms with Crippen LogP contribution >= 0.6 is 11.6 Å². The predicted octanol–water partition coefficient (Wildman–Crippen LogP) is 4.68. The van der Waals surface area contributed by atoms with E-state index in [2.05, 4.69) is 5.32 Å². The second kappa shape index (κ2) is 6.91. The van der Waals surface area contributed by atoms with E-state index in [4.69, 9.17) is 16.3 Å². The lowest BCUT2D eigenvalue weighted by atomic mass is 10.2. The summed E-state index contributed by atoms with van der Waals surface area (Å²) in [5, 5.41) is 2.33. The van der Waals surface area contributed by atoms with Gasteiger partial charge in [0.2, 0.25) is 0 Å². The van der Waals surface area contributed by atoms with Gasteiger partial charge in [-0.25, -0.2) is 0 Å². The fourth-order valence-electron chi connectivity index (χ4n) is 1.85. The number of alkyl halides is 3. The molecule has 0 bridgehead atoms. The summed E-state index contributed by atoms with van der Waals surface area (Å²) in [7, 11) is 0. The summed E-state index contributed by atoms with van der Waals surface area (Å²) in [6, 6.07) is 9.81. The number of benzene rings is 2. The van der Waals surface area contributed by atoms with E-state index in [0.717, 1.165) is 23.8 Å². The van der Waals surface area contributed by atoms with Crippen LogP contribution in [-0.4, -0.2) is 12.5 Å². The van der Waals surface area contributed by atoms with E-state index >= 15 is 0 Å². The maximum Gasteiger partial charge on any atom is 0.416 e. The van der Waals surface area contributed by atoms with E-state index in [9.17, 15) is 18.0 Å². The van der Waals surface area contributed by atoms with Gasteiger partial charge in [0.05, 0.1) is 16.3 Å². The van der Waals surface area contributed by atoms with Crippen molar-refractivity contribution in [2.45, 2.75) is 13.1 Å². The highest BCUT2D eigenvalue weighted by Crippen LogP contribution is 2.33. The number of amides is 1. The first kappa shape index (κ1) is 17.1. The molecule has 1 amide bonds. The van der Waals surface area contributed by atoms with Crippen LogP contribution in [0.2, 0.25) is 5.02 Å². The number of rotatable bonds is 4. The molecule has 2 aromatic carbocycles. The SMILES string of the molecule is Cc1ccccc1OCC(=O)Nc1cc(C(F)(F)F)ccc1Cl. The third kappa shape index (κ3) is 4.63. The van der Waals surface area contributed by atoms with Crippen LogP contribution in [-0.2, 0) is 11.0 Å². The van der Waals surface area contributed by atoms with Crippen molar-refractivity contribution in [3.8, 4) is 5.75 Å². The molecule has 0 unspecified atom stereocenters. The molecule has 2 aromatic rings. The molecular weight excluding hydrogens is 331 g/mol. The van der Waals surface area contributed by atoms with Crippen molar-refractivity contribution in [2.75, 3.05) is 11.9 Å². The minimum absolute atomic E-state index is 0.0160. The van der Waals surface area contributed by atoms with Crippen LogP contribution in [0, 0.1) is 6.92 Å². The monoisotopic (exact) mass is 343 g/mol. The van der Waals surface area contributed by atoms with Gasteiger partial charge in [0.1, 0.15) is 5.75 Å². The molecule has 0 atom stereocenters. The Morgan fingerprint density at radius 2 is 1.91 bits per heavy atom. The fourth-order valence-corrected chi connectivity index (χ4v) is 2.01. The first-order valence-electron chi connectivity index (χ1n) is 6.62. The number of anilines is 1. The van der Waals surface area contributed by atoms with Gasteiger partial charge in [0, 0.05) is 0 Å². The molecule has 0 aliphatic heterocycles. The van der Waals surface area contributed by atoms with E-state index in [-0.39, 0.29) is 17.3 Å². The summed E-state index contributed by atoms with van der Waals surface area (Å²) < 4.78 is 43.3. The number of carbonyl (C=O) groups excluding carboxylic acids is 1. The molecule has 0 spiro atoms. The molecule has 122 valence electrons. The zero-order chi connectivity index (χ0) is 17.0. The van der Waals surface area contributed by atoms with Crippen LogP contribution in [0.3, 0.4) is 0 Å². The third-order valence-corrected chi connectivity index (χ3v) is 3.35. The van der Waals surface area contributed by atoms with E-state index in [0.29, 0.717) is 5.75 Å². The van der Waals surface area contributed by atoms with Crippen molar-refractivity contribution < 1.29 is 22.7 Å². The molecule has 0 aliphatic rings. The number of carbonyl (C=O) groups is 1. The summed E-state index contributed by atoms with van der Waals surface area (Å²) in [6.07, 6.45) is -4.51. The summed E-state index contributed by atoms with van der Waals surface area (Å²) >= 11 is 5.81. The normalized spacial score (nSPS) is 11.2. The second-order valence-corrected chi connectivity index (χ2v) is 5.20. The maximum atomic E-state index is 12.7. The molecule has 7 heteroatoms. The smallest absolute Gasteiger partial charge is 0.416 e. The first-order chi connectivity index (χ1) is 10.8. The Balaban J connectivity index is 2.04. The Bertz CT molecular complexity index is 717. The summed E-state index contributed by atoms with van der Waals surface area (Å²) in [6.45, 7) is 1.48. The van der Waals surface area contributed by atoms with Crippen molar-refractivity contribution in [3.05, 3.63) is 58.6 Å². The van der Waals surface area contributed by atoms with Crippen molar-refractivity contribution in [3.63, 3.8) is 0 Å². The lowest BCUT2D eigenvalue weighted by Crippen LogP contribution is -2.21. The van der Waals surface area contributed by atoms with Crippen LogP contribution in [0.5, 0.6) is 5.75 Å². The molecule has 0 aromatic heterocycles. The summed E-state index contributed by atoms with van der Waals surface area (Å²) in [5.41, 5.74) is -0.158. The van der Waals surface area contributed by atoms with Gasteiger partial charge >= 0.3 is 6.18 Å². The molecule has 0 fully saturated rings. The van der Waals surface area contributed by atoms with Gasteiger partial charge in [0.15, 0.2) is 6.61 Å². The number of para-hydroxylation sites is 1. The van der Waals surface area contributed by atoms with Crippen molar-refractivity contribution in [2.24, 2.45) is 0 Å². The second-order valence-electron chi connectivity index (χ2n) is 4.79. The highest BCUT2D eigenvalue weighted by atomic mass is 35.5. The molecule has 0 saturated heterocycles. The average Bonchev–Trinajstić information content (AvgIpc) is 2.47. The van der Waals surface area contributed by atoms with Crippen molar-refractivity contribution >= 4 is 23.2 Å². The standard InChI is InChI=1S/C16H13ClF3NO2/c1-10-4-2-3-5-14(10)23-9-15(22)21-13-8-11(16(18,19)20)6-7-12(13)17/h2-8H,9H2,1H3,(H,21,22). The topological polar surface area (TPSA) is 38.3 Å². The minimum atomic E-state index is -4.51. The quantitative estimate of drug-likeness (QED) is 0.875. The van der Waals surface area contributed by atoms with Gasteiger partial charge in [-0.3, -0.25) is 4.79 Å². The Hall–Kier alpha value is -2.21. The van der Waals surface area contributed by atoms with Crippen LogP contribution in [0.4, 0.5) is 18.9 Å². The van der Waals surface area contributed by atoms with E-state index < -0.39 is 17.6 Å². The van der Waals surface area contributed by atoms with Gasteiger partial charge in [-0.05, 0) is 36.8 Å². The molecule has 1 N–H and O–H groups in total. The number of nitrogens with one attached hydrogen (secondary N) is 1. The first-order valence-corrected chi connectivity index (χ1v) is 7.00. The van der Waals surface area contributed by atoms with Gasteiger partial charge in [0.25, 0.3) is 5.91 Å². The largest absolute Gasteiger partial charge is 0.483 e. The Kier molecular flexibility index (Phi) is 5.15. The third-order valence-electron chi connectivity index (χ3n) is 3.02. The zero-order valence-corrected chi connectivity index (χ0v) is 12.8. The van der Waals surface area contributed by atoms with Gasteiger partial charge in [-0.1, -0.05) is 29.8 Å². The number of halogens is 4. The highest BCUT2D eigenvalue weighted by molar-refractivity contribution is 6.33. The number of hydrogen-bond donors (Lipinski definition) is 1. The van der Waals surface area contributed by atoms with Crippen LogP contribution in [0.1, 0.15) is 11.1 Å². The van der Waals surface area contributed by atoms with E-state index in [1.807, 2.05) is 19.1 Å². The predicted molar refractivity (Wildman–Crippen MR) is 81.8 cm³/mol. The molecular formula is C16H13ClF3NO2. The summed E-state index contributed by atoms with van der Waals surface area (Å²) in [4.78, 5) is 11.8. The zero-order valence-electron chi connectivity index (χ0n) is 12.1. The minimum Gasteiger partial charge on any atom is -0.483 e. The maximum absolute atomic E-state index is 12.7. The molecule has 0 aliphatic carbocycles. The number of ether oxygens (including phenoxy) is 1. The van der Waals surface area contributed by atoms with Gasteiger partial charge in [-0.15, -0.1) is 0 Å². The number of hydrogen-bond acceptors (Lipinski definition) is 2. The number of aryl methyl sites for hydroxylation is 1. The van der Waals surface area contributed by atoms with Crippen LogP contribution in [0.25, 0.3) is 0 Å².